The van der Waals surface area contributed by atoms with E-state index < -0.39 is 0 Å². The Morgan fingerprint density at radius 1 is 1.29 bits per heavy atom. The van der Waals surface area contributed by atoms with Gasteiger partial charge >= 0.3 is 0 Å². The minimum atomic E-state index is 0.770. The molecule has 3 heteroatoms. The predicted molar refractivity (Wildman–Crippen MR) is 73.4 cm³/mol. The van der Waals surface area contributed by atoms with Crippen molar-refractivity contribution in [2.75, 3.05) is 13.1 Å². The number of thiophene rings is 1. The fourth-order valence-corrected chi connectivity index (χ4v) is 3.42. The van der Waals surface area contributed by atoms with E-state index in [1.165, 1.54) is 50.1 Å². The molecular weight excluding hydrogens is 228 g/mol. The van der Waals surface area contributed by atoms with Gasteiger partial charge in [-0.2, -0.15) is 0 Å². The lowest BCUT2D eigenvalue weighted by atomic mass is 10.0. The Morgan fingerprint density at radius 2 is 2.24 bits per heavy atom. The van der Waals surface area contributed by atoms with Crippen molar-refractivity contribution in [2.45, 2.75) is 50.7 Å². The smallest absolute Gasteiger partial charge is 0.0331 e. The van der Waals surface area contributed by atoms with Crippen LogP contribution in [0, 0.1) is 0 Å². The van der Waals surface area contributed by atoms with Gasteiger partial charge in [0, 0.05) is 30.1 Å². The van der Waals surface area contributed by atoms with Crippen molar-refractivity contribution in [2.24, 2.45) is 0 Å². The molecule has 0 aromatic carbocycles. The molecule has 1 saturated heterocycles. The van der Waals surface area contributed by atoms with Crippen molar-refractivity contribution < 1.29 is 0 Å². The van der Waals surface area contributed by atoms with E-state index in [0.29, 0.717) is 0 Å². The molecular formula is C14H22N2S. The summed E-state index contributed by atoms with van der Waals surface area (Å²) in [6, 6.07) is 6.05. The quantitative estimate of drug-likeness (QED) is 0.864. The maximum atomic E-state index is 3.70. The van der Waals surface area contributed by atoms with Crippen molar-refractivity contribution in [3.63, 3.8) is 0 Å². The molecule has 1 aliphatic heterocycles. The van der Waals surface area contributed by atoms with Crippen molar-refractivity contribution >= 4 is 11.3 Å². The van der Waals surface area contributed by atoms with E-state index in [1.54, 1.807) is 0 Å². The third kappa shape index (κ3) is 3.30. The monoisotopic (exact) mass is 250 g/mol. The van der Waals surface area contributed by atoms with Gasteiger partial charge < -0.3 is 5.32 Å². The molecule has 0 spiro atoms. The van der Waals surface area contributed by atoms with Crippen LogP contribution in [0.2, 0.25) is 0 Å². The van der Waals surface area contributed by atoms with Crippen molar-refractivity contribution in [1.29, 1.82) is 0 Å². The maximum Gasteiger partial charge on any atom is 0.0331 e. The van der Waals surface area contributed by atoms with E-state index in [0.717, 1.165) is 18.6 Å². The zero-order valence-electron chi connectivity index (χ0n) is 10.4. The summed E-state index contributed by atoms with van der Waals surface area (Å²) in [5.41, 5.74) is 0. The van der Waals surface area contributed by atoms with Gasteiger partial charge in [-0.25, -0.2) is 0 Å². The lowest BCUT2D eigenvalue weighted by Crippen LogP contribution is -2.45. The molecule has 0 radical (unpaired) electrons. The highest BCUT2D eigenvalue weighted by molar-refractivity contribution is 7.09. The molecule has 2 aliphatic rings. The fourth-order valence-electron chi connectivity index (χ4n) is 2.69. The molecule has 2 heterocycles. The second-order valence-electron chi connectivity index (χ2n) is 5.38. The van der Waals surface area contributed by atoms with E-state index in [-0.39, 0.29) is 0 Å². The van der Waals surface area contributed by atoms with Crippen LogP contribution in [-0.4, -0.2) is 30.1 Å². The summed E-state index contributed by atoms with van der Waals surface area (Å²) in [5, 5.41) is 5.89. The highest BCUT2D eigenvalue weighted by Gasteiger charge is 2.26. The Balaban J connectivity index is 1.54. The summed E-state index contributed by atoms with van der Waals surface area (Å²) >= 11 is 1.89. The topological polar surface area (TPSA) is 15.3 Å². The van der Waals surface area contributed by atoms with Gasteiger partial charge in [0.15, 0.2) is 0 Å². The molecule has 1 atom stereocenters. The Labute approximate surface area is 108 Å². The molecule has 1 N–H and O–H groups in total. The molecule has 94 valence electrons. The fraction of sp³-hybridized carbons (Fsp3) is 0.714. The van der Waals surface area contributed by atoms with Crippen LogP contribution < -0.4 is 5.32 Å². The van der Waals surface area contributed by atoms with Gasteiger partial charge in [0.05, 0.1) is 0 Å². The highest BCUT2D eigenvalue weighted by atomic mass is 32.1. The molecule has 17 heavy (non-hydrogen) atoms. The summed E-state index contributed by atoms with van der Waals surface area (Å²) < 4.78 is 0. The van der Waals surface area contributed by atoms with E-state index >= 15 is 0 Å². The van der Waals surface area contributed by atoms with Crippen LogP contribution in [0.15, 0.2) is 17.5 Å². The van der Waals surface area contributed by atoms with E-state index in [9.17, 15) is 0 Å². The van der Waals surface area contributed by atoms with Crippen molar-refractivity contribution in [3.05, 3.63) is 22.4 Å². The molecule has 0 amide bonds. The number of likely N-dealkylation sites (tertiary alicyclic amines) is 1. The number of hydrogen-bond donors (Lipinski definition) is 1. The molecule has 1 aromatic rings. The average Bonchev–Trinajstić information content (AvgIpc) is 3.05. The minimum Gasteiger partial charge on any atom is -0.312 e. The number of rotatable bonds is 5. The molecule has 1 aromatic heterocycles. The summed E-state index contributed by atoms with van der Waals surface area (Å²) in [7, 11) is 0. The van der Waals surface area contributed by atoms with Crippen LogP contribution in [-0.2, 0) is 6.54 Å². The summed E-state index contributed by atoms with van der Waals surface area (Å²) in [5.74, 6) is 0. The van der Waals surface area contributed by atoms with Gasteiger partial charge in [0.2, 0.25) is 0 Å². The first-order chi connectivity index (χ1) is 8.42. The number of nitrogens with zero attached hydrogens (tertiary/aromatic N) is 1. The number of piperidine rings is 1. The Kier molecular flexibility index (Phi) is 3.79. The average molecular weight is 250 g/mol. The highest BCUT2D eigenvalue weighted by Crippen LogP contribution is 2.23. The standard InChI is InChI=1S/C14H22N2S/c1-2-8-16(11-14-5-3-9-17-14)13(4-1)10-15-12-6-7-12/h3,5,9,12-13,15H,1-2,4,6-8,10-11H2. The lowest BCUT2D eigenvalue weighted by Gasteiger charge is -2.35. The van der Waals surface area contributed by atoms with Gasteiger partial charge in [-0.1, -0.05) is 12.5 Å². The maximum absolute atomic E-state index is 3.70. The van der Waals surface area contributed by atoms with Crippen molar-refractivity contribution in [3.8, 4) is 0 Å². The first-order valence-electron chi connectivity index (χ1n) is 6.91. The molecule has 2 nitrogen and oxygen atoms in total. The summed E-state index contributed by atoms with van der Waals surface area (Å²) in [4.78, 5) is 4.20. The van der Waals surface area contributed by atoms with E-state index in [4.69, 9.17) is 0 Å². The second-order valence-corrected chi connectivity index (χ2v) is 6.41. The first-order valence-corrected chi connectivity index (χ1v) is 7.79. The van der Waals surface area contributed by atoms with Crippen LogP contribution >= 0.6 is 11.3 Å². The molecule has 0 bridgehead atoms. The lowest BCUT2D eigenvalue weighted by molar-refractivity contribution is 0.138. The Morgan fingerprint density at radius 3 is 3.00 bits per heavy atom. The van der Waals surface area contributed by atoms with Crippen LogP contribution in [0.25, 0.3) is 0 Å². The molecule has 1 saturated carbocycles. The second kappa shape index (κ2) is 5.51. The van der Waals surface area contributed by atoms with Gasteiger partial charge in [-0.15, -0.1) is 11.3 Å². The largest absolute Gasteiger partial charge is 0.312 e. The van der Waals surface area contributed by atoms with Crippen LogP contribution in [0.1, 0.15) is 37.0 Å². The summed E-state index contributed by atoms with van der Waals surface area (Å²) in [6.07, 6.45) is 6.98. The van der Waals surface area contributed by atoms with E-state index in [2.05, 4.69) is 27.7 Å². The SMILES string of the molecule is c1csc(CN2CCCCC2CNC2CC2)c1. The normalized spacial score (nSPS) is 26.2. The Bertz CT molecular complexity index is 332. The molecule has 3 rings (SSSR count). The minimum absolute atomic E-state index is 0.770. The van der Waals surface area contributed by atoms with Gasteiger partial charge in [-0.3, -0.25) is 4.90 Å². The first kappa shape index (κ1) is 11.7. The van der Waals surface area contributed by atoms with Crippen LogP contribution in [0.4, 0.5) is 0 Å². The molecule has 1 unspecified atom stereocenters. The molecule has 2 fully saturated rings. The van der Waals surface area contributed by atoms with Gasteiger partial charge in [0.25, 0.3) is 0 Å². The number of hydrogen-bond acceptors (Lipinski definition) is 3. The van der Waals surface area contributed by atoms with E-state index in [1.807, 2.05) is 11.3 Å². The van der Waals surface area contributed by atoms with Crippen LogP contribution in [0.5, 0.6) is 0 Å². The third-order valence-electron chi connectivity index (χ3n) is 3.91. The summed E-state index contributed by atoms with van der Waals surface area (Å²) in [6.45, 7) is 3.65. The van der Waals surface area contributed by atoms with Gasteiger partial charge in [0.1, 0.15) is 0 Å². The zero-order chi connectivity index (χ0) is 11.5. The van der Waals surface area contributed by atoms with Crippen molar-refractivity contribution in [1.82, 2.24) is 10.2 Å². The predicted octanol–water partition coefficient (Wildman–Crippen LogP) is 2.85. The van der Waals surface area contributed by atoms with Gasteiger partial charge in [-0.05, 0) is 43.7 Å². The molecule has 1 aliphatic carbocycles. The van der Waals surface area contributed by atoms with Crippen LogP contribution in [0.3, 0.4) is 0 Å². The number of nitrogens with one attached hydrogen (secondary N) is 1. The Hall–Kier alpha value is -0.380. The third-order valence-corrected chi connectivity index (χ3v) is 4.77. The zero-order valence-corrected chi connectivity index (χ0v) is 11.2.